The van der Waals surface area contributed by atoms with Gasteiger partial charge in [0.1, 0.15) is 9.52 Å². The quantitative estimate of drug-likeness (QED) is 0.224. The second kappa shape index (κ2) is 14.9. The number of amides is 1. The number of nitrogens with two attached hydrogens (primary N) is 1. The van der Waals surface area contributed by atoms with E-state index < -0.39 is 20.8 Å². The van der Waals surface area contributed by atoms with Gasteiger partial charge < -0.3 is 12.2 Å². The summed E-state index contributed by atoms with van der Waals surface area (Å²) >= 11 is -0.826. The summed E-state index contributed by atoms with van der Waals surface area (Å²) in [6.45, 7) is 0. The maximum absolute atomic E-state index is 11.0. The molecule has 2 aliphatic rings. The van der Waals surface area contributed by atoms with E-state index >= 15 is 0 Å². The molecule has 0 aliphatic heterocycles. The van der Waals surface area contributed by atoms with Crippen molar-refractivity contribution >= 4 is 53.6 Å². The van der Waals surface area contributed by atoms with Crippen LogP contribution >= 0.6 is 17.0 Å². The maximum atomic E-state index is 11.0. The van der Waals surface area contributed by atoms with Crippen LogP contribution in [0.15, 0.2) is 103 Å². The fraction of sp³-hybridized carbons (Fsp3) is 0.207. The van der Waals surface area contributed by atoms with E-state index in [1.165, 1.54) is 27.6 Å². The van der Waals surface area contributed by atoms with Gasteiger partial charge in [-0.1, -0.05) is 108 Å². The molecular weight excluding hydrogens is 569 g/mol. The topological polar surface area (TPSA) is 43.1 Å². The molecule has 0 spiro atoms. The number of rotatable bonds is 3. The fourth-order valence-corrected chi connectivity index (χ4v) is 5.62. The Morgan fingerprint density at radius 2 is 1.49 bits per heavy atom. The van der Waals surface area contributed by atoms with Crippen LogP contribution in [0.1, 0.15) is 25.7 Å². The van der Waals surface area contributed by atoms with Crippen LogP contribution in [0, 0.1) is 17.8 Å². The summed E-state index contributed by atoms with van der Waals surface area (Å²) in [5, 5.41) is 5.46. The third kappa shape index (κ3) is 8.79. The third-order valence-corrected chi connectivity index (χ3v) is 7.61. The first-order valence-corrected chi connectivity index (χ1v) is 19.0. The molecule has 0 saturated heterocycles. The maximum Gasteiger partial charge on any atom is 0.121 e. The van der Waals surface area contributed by atoms with Crippen LogP contribution in [0.4, 0.5) is 0 Å². The van der Waals surface area contributed by atoms with Crippen molar-refractivity contribution in [3.63, 3.8) is 0 Å². The van der Waals surface area contributed by atoms with Crippen LogP contribution in [0.25, 0.3) is 10.8 Å². The molecule has 2 unspecified atom stereocenters. The zero-order chi connectivity index (χ0) is 24.9. The van der Waals surface area contributed by atoms with Crippen LogP contribution < -0.4 is 16.1 Å². The van der Waals surface area contributed by atoms with Gasteiger partial charge in [0.05, 0.1) is 0 Å². The summed E-state index contributed by atoms with van der Waals surface area (Å²) in [5.41, 5.74) is 5.12. The Morgan fingerprint density at radius 3 is 1.91 bits per heavy atom. The number of carbonyl (C=O) groups excluding carboxylic acids is 1. The molecule has 2 saturated carbocycles. The first-order valence-electron chi connectivity index (χ1n) is 11.6. The Morgan fingerprint density at radius 1 is 0.914 bits per heavy atom. The summed E-state index contributed by atoms with van der Waals surface area (Å²) in [4.78, 5) is 11.0. The van der Waals surface area contributed by atoms with Crippen molar-refractivity contribution in [2.45, 2.75) is 25.7 Å². The molecule has 2 nitrogen and oxygen atoms in total. The van der Waals surface area contributed by atoms with E-state index in [0.717, 1.165) is 34.7 Å². The number of hydrogen-bond donors (Lipinski definition) is 1. The van der Waals surface area contributed by atoms with Crippen molar-refractivity contribution in [2.24, 2.45) is 17.1 Å². The molecule has 178 valence electrons. The van der Waals surface area contributed by atoms with E-state index in [1.807, 2.05) is 0 Å². The van der Waals surface area contributed by atoms with E-state index in [-0.39, 0.29) is 11.3 Å². The minimum atomic E-state index is -0.826. The van der Waals surface area contributed by atoms with Crippen molar-refractivity contribution in [1.29, 1.82) is 0 Å². The van der Waals surface area contributed by atoms with Crippen molar-refractivity contribution < 1.29 is 25.6 Å². The van der Waals surface area contributed by atoms with E-state index in [2.05, 4.69) is 110 Å². The van der Waals surface area contributed by atoms with Crippen molar-refractivity contribution in [2.75, 3.05) is 0 Å². The van der Waals surface area contributed by atoms with Gasteiger partial charge >= 0.3 is 37.9 Å². The number of benzene rings is 3. The molecule has 2 bridgehead atoms. The van der Waals surface area contributed by atoms with E-state index in [9.17, 15) is 4.79 Å². The SMILES string of the molecule is NC(=O)C12[CH-]CC(CC1)C2.[Cl][Zr+2][Cl].c1ccc([Si]c2ccccc2)cc1.c1ccc2[cH-]ccc2c1. The zero-order valence-corrected chi connectivity index (χ0v) is 24.5. The summed E-state index contributed by atoms with van der Waals surface area (Å²) in [6.07, 6.45) is 6.49. The smallest absolute Gasteiger partial charge is 0.121 e. The Bertz CT molecular complexity index is 1080. The standard InChI is InChI=1S/C12H10Si.C9H7.C8H12NO.2ClH.Zr/c1-3-7-11(8-4-1)13-12-9-5-2-6-10-12;1-2-5-9-7-3-6-8(9)4-1;9-7(10)8-3-1-6(5-8)2-4-8;;;/h1-10H;1-7H;3,6H,1-2,4-5H2,(H2,9,10);2*1H;/q;2*-1;;;+4/p-2. The van der Waals surface area contributed by atoms with Gasteiger partial charge in [-0.3, -0.25) is 4.79 Å². The number of primary amides is 1. The van der Waals surface area contributed by atoms with E-state index in [4.69, 9.17) is 22.8 Å². The monoisotopic (exact) mass is 595 g/mol. The van der Waals surface area contributed by atoms with Crippen molar-refractivity contribution in [3.05, 3.63) is 110 Å². The van der Waals surface area contributed by atoms with Crippen LogP contribution in [0.3, 0.4) is 0 Å². The summed E-state index contributed by atoms with van der Waals surface area (Å²) in [7, 11) is 10.6. The second-order valence-corrected chi connectivity index (χ2v) is 13.8. The molecular formula is C29H29Cl2NOSiZr. The Kier molecular flexibility index (Phi) is 11.9. The molecule has 2 radical (unpaired) electrons. The number of hydrogen-bond acceptors (Lipinski definition) is 1. The van der Waals surface area contributed by atoms with Crippen LogP contribution in [0.5, 0.6) is 0 Å². The number of halogens is 2. The number of fused-ring (bicyclic) bond motifs is 3. The van der Waals surface area contributed by atoms with Gasteiger partial charge in [-0.2, -0.15) is 23.9 Å². The molecule has 2 N–H and O–H groups in total. The molecule has 2 atom stereocenters. The van der Waals surface area contributed by atoms with Crippen molar-refractivity contribution in [3.8, 4) is 0 Å². The van der Waals surface area contributed by atoms with Gasteiger partial charge in [0.2, 0.25) is 0 Å². The molecule has 4 aromatic rings. The van der Waals surface area contributed by atoms with Crippen LogP contribution in [-0.4, -0.2) is 15.4 Å². The first-order chi connectivity index (χ1) is 17.1. The minimum Gasteiger partial charge on any atom is -0.168 e. The molecule has 2 fully saturated rings. The van der Waals surface area contributed by atoms with Gasteiger partial charge in [0.25, 0.3) is 0 Å². The molecule has 6 rings (SSSR count). The minimum absolute atomic E-state index is 0.104. The zero-order valence-electron chi connectivity index (χ0n) is 19.5. The predicted octanol–water partition coefficient (Wildman–Crippen LogP) is 6.14. The van der Waals surface area contributed by atoms with Gasteiger partial charge in [-0.15, -0.1) is 29.7 Å². The normalized spacial score (nSPS) is 19.2. The largest absolute Gasteiger partial charge is 0.168 e. The predicted molar refractivity (Wildman–Crippen MR) is 147 cm³/mol. The molecule has 0 aromatic heterocycles. The van der Waals surface area contributed by atoms with Gasteiger partial charge in [-0.25, -0.2) is 0 Å². The number of carbonyl (C=O) groups is 1. The van der Waals surface area contributed by atoms with Gasteiger partial charge in [0, 0.05) is 0 Å². The molecule has 35 heavy (non-hydrogen) atoms. The molecule has 2 aliphatic carbocycles. The molecule has 0 heterocycles. The first kappa shape index (κ1) is 28.0. The summed E-state index contributed by atoms with van der Waals surface area (Å²) < 4.78 is 0. The van der Waals surface area contributed by atoms with Gasteiger partial charge in [0.15, 0.2) is 5.91 Å². The molecule has 4 aromatic carbocycles. The fourth-order valence-electron chi connectivity index (χ4n) is 4.56. The Balaban J connectivity index is 0.000000141. The van der Waals surface area contributed by atoms with Crippen LogP contribution in [0.2, 0.25) is 0 Å². The second-order valence-electron chi connectivity index (χ2n) is 8.65. The average molecular weight is 598 g/mol. The summed E-state index contributed by atoms with van der Waals surface area (Å²) in [6, 6.07) is 35.8. The van der Waals surface area contributed by atoms with E-state index in [1.54, 1.807) is 0 Å². The van der Waals surface area contributed by atoms with E-state index in [0.29, 0.717) is 0 Å². The van der Waals surface area contributed by atoms with Crippen LogP contribution in [-0.2, 0) is 25.6 Å². The third-order valence-electron chi connectivity index (χ3n) is 6.37. The summed E-state index contributed by atoms with van der Waals surface area (Å²) in [5.74, 6) is 0.667. The Hall–Kier alpha value is -1.58. The molecule has 1 amide bonds. The Labute approximate surface area is 230 Å². The van der Waals surface area contributed by atoms with Gasteiger partial charge in [-0.05, 0) is 0 Å². The molecule has 6 heteroatoms. The van der Waals surface area contributed by atoms with Crippen molar-refractivity contribution in [1.82, 2.24) is 0 Å². The average Bonchev–Trinajstić information content (AvgIpc) is 3.64.